The quantitative estimate of drug-likeness (QED) is 0.782. The monoisotopic (exact) mass is 419 g/mol. The van der Waals surface area contributed by atoms with Crippen molar-refractivity contribution < 1.29 is 14.4 Å². The highest BCUT2D eigenvalue weighted by Gasteiger charge is 2.37. The van der Waals surface area contributed by atoms with E-state index >= 15 is 0 Å². The van der Waals surface area contributed by atoms with Gasteiger partial charge >= 0.3 is 0 Å². The number of rotatable bonds is 6. The van der Waals surface area contributed by atoms with Gasteiger partial charge in [0.05, 0.1) is 12.3 Å². The van der Waals surface area contributed by atoms with Gasteiger partial charge < -0.3 is 15.1 Å². The molecule has 0 radical (unpaired) electrons. The third kappa shape index (κ3) is 5.51. The Labute approximate surface area is 183 Å². The van der Waals surface area contributed by atoms with Crippen molar-refractivity contribution in [2.24, 2.45) is 5.92 Å². The summed E-state index contributed by atoms with van der Waals surface area (Å²) in [6.45, 7) is 2.29. The molecule has 0 bridgehead atoms. The van der Waals surface area contributed by atoms with Crippen LogP contribution < -0.4 is 5.32 Å². The number of nitrogens with zero attached hydrogens (tertiary/aromatic N) is 2. The van der Waals surface area contributed by atoms with E-state index in [9.17, 15) is 14.4 Å². The van der Waals surface area contributed by atoms with E-state index in [1.165, 1.54) is 0 Å². The molecule has 1 atom stereocenters. The average Bonchev–Trinajstić information content (AvgIpc) is 3.15. The first-order chi connectivity index (χ1) is 15.1. The van der Waals surface area contributed by atoms with Crippen LogP contribution in [0.2, 0.25) is 0 Å². The normalized spacial score (nSPS) is 19.5. The van der Waals surface area contributed by atoms with E-state index < -0.39 is 0 Å². The van der Waals surface area contributed by atoms with Gasteiger partial charge in [-0.25, -0.2) is 0 Å². The van der Waals surface area contributed by atoms with Crippen LogP contribution in [0, 0.1) is 5.92 Å². The molecule has 3 amide bonds. The van der Waals surface area contributed by atoms with Crippen LogP contribution >= 0.6 is 0 Å². The second-order valence-electron chi connectivity index (χ2n) is 8.49. The molecule has 0 aromatic heterocycles. The molecule has 6 heteroatoms. The van der Waals surface area contributed by atoms with Crippen molar-refractivity contribution in [3.05, 3.63) is 71.8 Å². The molecule has 2 aliphatic heterocycles. The van der Waals surface area contributed by atoms with Crippen molar-refractivity contribution in [1.82, 2.24) is 15.1 Å². The first-order valence-corrected chi connectivity index (χ1v) is 11.0. The second-order valence-corrected chi connectivity index (χ2v) is 8.49. The summed E-state index contributed by atoms with van der Waals surface area (Å²) in [5.41, 5.74) is 2.08. The molecule has 1 unspecified atom stereocenters. The smallest absolute Gasteiger partial charge is 0.227 e. The van der Waals surface area contributed by atoms with Gasteiger partial charge in [0.2, 0.25) is 17.7 Å². The van der Waals surface area contributed by atoms with E-state index in [0.29, 0.717) is 39.0 Å². The van der Waals surface area contributed by atoms with Crippen LogP contribution in [0.5, 0.6) is 0 Å². The van der Waals surface area contributed by atoms with Crippen LogP contribution in [-0.2, 0) is 27.3 Å². The molecule has 4 rings (SSSR count). The third-order valence-corrected chi connectivity index (χ3v) is 6.16. The Morgan fingerprint density at radius 3 is 2.16 bits per heavy atom. The van der Waals surface area contributed by atoms with E-state index in [0.717, 1.165) is 24.0 Å². The summed E-state index contributed by atoms with van der Waals surface area (Å²) < 4.78 is 0. The lowest BCUT2D eigenvalue weighted by Crippen LogP contribution is -2.48. The van der Waals surface area contributed by atoms with Gasteiger partial charge in [-0.1, -0.05) is 60.7 Å². The minimum atomic E-state index is -0.263. The summed E-state index contributed by atoms with van der Waals surface area (Å²) >= 11 is 0. The molecule has 0 spiro atoms. The number of hydrogen-bond donors (Lipinski definition) is 1. The van der Waals surface area contributed by atoms with Crippen molar-refractivity contribution in [3.8, 4) is 0 Å². The Balaban J connectivity index is 1.23. The minimum absolute atomic E-state index is 0.0221. The Morgan fingerprint density at radius 2 is 1.52 bits per heavy atom. The summed E-state index contributed by atoms with van der Waals surface area (Å²) in [4.78, 5) is 41.3. The van der Waals surface area contributed by atoms with E-state index in [4.69, 9.17) is 0 Å². The molecule has 0 aliphatic carbocycles. The molecule has 6 nitrogen and oxygen atoms in total. The highest BCUT2D eigenvalue weighted by Crippen LogP contribution is 2.24. The molecular weight excluding hydrogens is 390 g/mol. The van der Waals surface area contributed by atoms with Crippen LogP contribution in [0.3, 0.4) is 0 Å². The molecule has 2 aromatic rings. The molecular formula is C25H29N3O3. The largest absolute Gasteiger partial charge is 0.353 e. The van der Waals surface area contributed by atoms with Crippen LogP contribution in [0.1, 0.15) is 30.4 Å². The highest BCUT2D eigenvalue weighted by atomic mass is 16.2. The van der Waals surface area contributed by atoms with Crippen LogP contribution in [-0.4, -0.2) is 53.2 Å². The van der Waals surface area contributed by atoms with Gasteiger partial charge in [0, 0.05) is 38.6 Å². The predicted octanol–water partition coefficient (Wildman–Crippen LogP) is 2.38. The summed E-state index contributed by atoms with van der Waals surface area (Å²) in [6, 6.07) is 19.7. The Morgan fingerprint density at radius 1 is 0.903 bits per heavy atom. The van der Waals surface area contributed by atoms with Crippen LogP contribution in [0.25, 0.3) is 0 Å². The lowest BCUT2D eigenvalue weighted by atomic mass is 10.0. The number of nitrogens with one attached hydrogen (secondary N) is 1. The minimum Gasteiger partial charge on any atom is -0.353 e. The second kappa shape index (κ2) is 9.77. The Kier molecular flexibility index (Phi) is 6.65. The highest BCUT2D eigenvalue weighted by molar-refractivity contribution is 5.89. The lowest BCUT2D eigenvalue weighted by molar-refractivity contribution is -0.137. The van der Waals surface area contributed by atoms with E-state index in [2.05, 4.69) is 5.32 Å². The van der Waals surface area contributed by atoms with Crippen molar-refractivity contribution in [2.45, 2.75) is 38.3 Å². The predicted molar refractivity (Wildman–Crippen MR) is 118 cm³/mol. The fourth-order valence-corrected chi connectivity index (χ4v) is 4.46. The van der Waals surface area contributed by atoms with Crippen molar-refractivity contribution in [3.63, 3.8) is 0 Å². The topological polar surface area (TPSA) is 69.7 Å². The van der Waals surface area contributed by atoms with Gasteiger partial charge in [0.15, 0.2) is 0 Å². The molecule has 2 aliphatic rings. The molecule has 31 heavy (non-hydrogen) atoms. The molecule has 2 fully saturated rings. The first kappa shape index (κ1) is 21.1. The maximum atomic E-state index is 13.0. The standard InChI is InChI=1S/C25H29N3O3/c29-23(15-19-7-3-1-4-8-19)26-22-11-13-27(14-12-22)25(31)21-16-24(30)28(18-21)17-20-9-5-2-6-10-20/h1-10,21-22H,11-18H2,(H,26,29). The molecule has 1 N–H and O–H groups in total. The van der Waals surface area contributed by atoms with Gasteiger partial charge in [0.25, 0.3) is 0 Å². The number of benzene rings is 2. The number of piperidine rings is 1. The Bertz CT molecular complexity index is 908. The lowest BCUT2D eigenvalue weighted by Gasteiger charge is -2.33. The number of hydrogen-bond acceptors (Lipinski definition) is 3. The fraction of sp³-hybridized carbons (Fsp3) is 0.400. The van der Waals surface area contributed by atoms with Gasteiger partial charge in [0.1, 0.15) is 0 Å². The average molecular weight is 420 g/mol. The van der Waals surface area contributed by atoms with E-state index in [1.54, 1.807) is 4.90 Å². The van der Waals surface area contributed by atoms with Crippen LogP contribution in [0.15, 0.2) is 60.7 Å². The van der Waals surface area contributed by atoms with Gasteiger partial charge in [-0.2, -0.15) is 0 Å². The number of likely N-dealkylation sites (tertiary alicyclic amines) is 2. The van der Waals surface area contributed by atoms with E-state index in [1.807, 2.05) is 65.6 Å². The van der Waals surface area contributed by atoms with Crippen molar-refractivity contribution in [2.75, 3.05) is 19.6 Å². The van der Waals surface area contributed by atoms with Gasteiger partial charge in [-0.05, 0) is 24.0 Å². The maximum absolute atomic E-state index is 13.0. The van der Waals surface area contributed by atoms with Crippen molar-refractivity contribution in [1.29, 1.82) is 0 Å². The first-order valence-electron chi connectivity index (χ1n) is 11.0. The van der Waals surface area contributed by atoms with E-state index in [-0.39, 0.29) is 29.7 Å². The Hall–Kier alpha value is -3.15. The molecule has 2 aromatic carbocycles. The third-order valence-electron chi connectivity index (χ3n) is 6.16. The van der Waals surface area contributed by atoms with Gasteiger partial charge in [-0.15, -0.1) is 0 Å². The molecule has 2 saturated heterocycles. The number of carbonyl (C=O) groups is 3. The number of amides is 3. The fourth-order valence-electron chi connectivity index (χ4n) is 4.46. The molecule has 162 valence electrons. The summed E-state index contributed by atoms with van der Waals surface area (Å²) in [5.74, 6) is -0.127. The summed E-state index contributed by atoms with van der Waals surface area (Å²) in [7, 11) is 0. The summed E-state index contributed by atoms with van der Waals surface area (Å²) in [6.07, 6.45) is 2.17. The molecule has 0 saturated carbocycles. The summed E-state index contributed by atoms with van der Waals surface area (Å²) in [5, 5.41) is 3.10. The zero-order chi connectivity index (χ0) is 21.6. The SMILES string of the molecule is O=C(Cc1ccccc1)NC1CCN(C(=O)C2CC(=O)N(Cc3ccccc3)C2)CC1. The van der Waals surface area contributed by atoms with Crippen molar-refractivity contribution >= 4 is 17.7 Å². The molecule has 2 heterocycles. The van der Waals surface area contributed by atoms with Crippen LogP contribution in [0.4, 0.5) is 0 Å². The zero-order valence-electron chi connectivity index (χ0n) is 17.7. The van der Waals surface area contributed by atoms with Gasteiger partial charge in [-0.3, -0.25) is 14.4 Å². The zero-order valence-corrected chi connectivity index (χ0v) is 17.7. The number of carbonyl (C=O) groups excluding carboxylic acids is 3. The maximum Gasteiger partial charge on any atom is 0.227 e.